The van der Waals surface area contributed by atoms with Gasteiger partial charge < -0.3 is 0 Å². The zero-order chi connectivity index (χ0) is 25.8. The van der Waals surface area contributed by atoms with Gasteiger partial charge in [0.15, 0.2) is 21.3 Å². The summed E-state index contributed by atoms with van der Waals surface area (Å²) < 4.78 is 102. The molecule has 0 fully saturated rings. The lowest BCUT2D eigenvalue weighted by Crippen LogP contribution is -2.24. The Morgan fingerprint density at radius 3 is 2.23 bits per heavy atom. The molecule has 184 valence electrons. The second-order valence-corrected chi connectivity index (χ2v) is 11.4. The van der Waals surface area contributed by atoms with E-state index in [1.54, 1.807) is 0 Å². The number of fused-ring (bicyclic) bond motifs is 1. The van der Waals surface area contributed by atoms with Gasteiger partial charge in [0.25, 0.3) is 9.84 Å². The molecule has 0 bridgehead atoms. The summed E-state index contributed by atoms with van der Waals surface area (Å²) in [5.41, 5.74) is -6.33. The Balaban J connectivity index is 1.94. The van der Waals surface area contributed by atoms with Gasteiger partial charge in [-0.1, -0.05) is 19.1 Å². The van der Waals surface area contributed by atoms with Gasteiger partial charge in [0.2, 0.25) is 0 Å². The Hall–Kier alpha value is -3.59. The number of aromatic nitrogens is 4. The van der Waals surface area contributed by atoms with E-state index in [4.69, 9.17) is 0 Å². The van der Waals surface area contributed by atoms with Gasteiger partial charge in [-0.05, 0) is 29.8 Å². The standard InChI is InChI=1S/C20H14F4N4O5S2/c1-2-34(30,31)16-9-13(12-3-5-14(21)6-4-12)11-25-18(16)28-19(29)27-8-7-15(10-17(27)26-28)35(32,33)20(22,23)24/h3-11H,2H2,1H3. The van der Waals surface area contributed by atoms with Crippen LogP contribution in [-0.4, -0.2) is 47.3 Å². The first kappa shape index (κ1) is 24.5. The maximum atomic E-state index is 13.3. The minimum Gasteiger partial charge on any atom is -0.250 e. The van der Waals surface area contributed by atoms with Gasteiger partial charge >= 0.3 is 11.2 Å². The van der Waals surface area contributed by atoms with E-state index in [1.165, 1.54) is 31.3 Å². The highest BCUT2D eigenvalue weighted by Crippen LogP contribution is 2.31. The van der Waals surface area contributed by atoms with Crippen LogP contribution in [-0.2, 0) is 19.7 Å². The summed E-state index contributed by atoms with van der Waals surface area (Å²) in [5, 5.41) is 3.82. The minimum atomic E-state index is -5.71. The van der Waals surface area contributed by atoms with Crippen LogP contribution in [0.2, 0.25) is 0 Å². The summed E-state index contributed by atoms with van der Waals surface area (Å²) in [6, 6.07) is 7.46. The predicted octanol–water partition coefficient (Wildman–Crippen LogP) is 2.77. The lowest BCUT2D eigenvalue weighted by Gasteiger charge is -2.10. The zero-order valence-corrected chi connectivity index (χ0v) is 19.2. The van der Waals surface area contributed by atoms with Crippen molar-refractivity contribution < 1.29 is 34.4 Å². The SMILES string of the molecule is CCS(=O)(=O)c1cc(-c2ccc(F)cc2)cnc1-n1nc2cc(S(=O)(=O)C(F)(F)F)ccn2c1=O. The molecule has 0 atom stereocenters. The predicted molar refractivity (Wildman–Crippen MR) is 115 cm³/mol. The molecule has 0 radical (unpaired) electrons. The van der Waals surface area contributed by atoms with Gasteiger partial charge in [0.05, 0.1) is 10.6 Å². The van der Waals surface area contributed by atoms with E-state index in [1.807, 2.05) is 0 Å². The lowest BCUT2D eigenvalue weighted by molar-refractivity contribution is -0.0436. The molecule has 1 aromatic carbocycles. The van der Waals surface area contributed by atoms with Crippen molar-refractivity contribution in [3.05, 3.63) is 71.2 Å². The van der Waals surface area contributed by atoms with Crippen LogP contribution in [0, 0.1) is 5.82 Å². The van der Waals surface area contributed by atoms with Crippen LogP contribution in [0.25, 0.3) is 22.6 Å². The van der Waals surface area contributed by atoms with Gasteiger partial charge in [0, 0.05) is 24.0 Å². The van der Waals surface area contributed by atoms with E-state index >= 15 is 0 Å². The number of benzene rings is 1. The molecule has 0 amide bonds. The fourth-order valence-corrected chi connectivity index (χ4v) is 4.98. The van der Waals surface area contributed by atoms with Gasteiger partial charge in [0.1, 0.15) is 10.7 Å². The first-order valence-corrected chi connectivity index (χ1v) is 12.8. The smallest absolute Gasteiger partial charge is 0.250 e. The number of hydrogen-bond acceptors (Lipinski definition) is 7. The number of nitrogens with zero attached hydrogens (tertiary/aromatic N) is 4. The molecule has 0 aliphatic rings. The molecule has 15 heteroatoms. The van der Waals surface area contributed by atoms with E-state index in [2.05, 4.69) is 10.1 Å². The quantitative estimate of drug-likeness (QED) is 0.364. The third-order valence-corrected chi connectivity index (χ3v) is 8.25. The van der Waals surface area contributed by atoms with Gasteiger partial charge in [-0.25, -0.2) is 35.4 Å². The fraction of sp³-hybridized carbons (Fsp3) is 0.150. The molecule has 0 saturated carbocycles. The highest BCUT2D eigenvalue weighted by molar-refractivity contribution is 7.92. The molecule has 0 N–H and O–H groups in total. The normalized spacial score (nSPS) is 12.8. The van der Waals surface area contributed by atoms with Crippen molar-refractivity contribution in [1.29, 1.82) is 0 Å². The first-order chi connectivity index (χ1) is 16.3. The van der Waals surface area contributed by atoms with Gasteiger partial charge in [-0.15, -0.1) is 5.10 Å². The third kappa shape index (κ3) is 4.20. The second kappa shape index (κ2) is 8.27. The molecular weight excluding hydrogens is 516 g/mol. The topological polar surface area (TPSA) is 120 Å². The summed E-state index contributed by atoms with van der Waals surface area (Å²) >= 11 is 0. The number of pyridine rings is 2. The van der Waals surface area contributed by atoms with Gasteiger partial charge in [-0.2, -0.15) is 17.9 Å². The number of sulfone groups is 2. The maximum Gasteiger partial charge on any atom is 0.501 e. The molecule has 3 aromatic heterocycles. The molecule has 3 heterocycles. The van der Waals surface area contributed by atoms with Gasteiger partial charge in [-0.3, -0.25) is 0 Å². The van der Waals surface area contributed by atoms with Crippen LogP contribution in [0.4, 0.5) is 17.6 Å². The monoisotopic (exact) mass is 530 g/mol. The number of halogens is 4. The Kier molecular flexibility index (Phi) is 5.79. The Labute approximate surface area is 195 Å². The van der Waals surface area contributed by atoms with E-state index in [0.29, 0.717) is 22.4 Å². The van der Waals surface area contributed by atoms with Crippen molar-refractivity contribution in [3.63, 3.8) is 0 Å². The largest absolute Gasteiger partial charge is 0.501 e. The van der Waals surface area contributed by atoms with Crippen molar-refractivity contribution in [2.75, 3.05) is 5.75 Å². The molecule has 0 saturated heterocycles. The fourth-order valence-electron chi connectivity index (χ4n) is 3.18. The number of alkyl halides is 3. The Bertz CT molecular complexity index is 1730. The number of rotatable bonds is 5. The second-order valence-electron chi connectivity index (χ2n) is 7.19. The molecule has 0 spiro atoms. The third-order valence-electron chi connectivity index (χ3n) is 5.04. The van der Waals surface area contributed by atoms with Crippen LogP contribution >= 0.6 is 0 Å². The van der Waals surface area contributed by atoms with E-state index < -0.39 is 57.9 Å². The Morgan fingerprint density at radius 1 is 0.971 bits per heavy atom. The average Bonchev–Trinajstić information content (AvgIpc) is 3.14. The molecule has 0 aliphatic carbocycles. The van der Waals surface area contributed by atoms with Crippen LogP contribution in [0.5, 0.6) is 0 Å². The van der Waals surface area contributed by atoms with Crippen LogP contribution in [0.15, 0.2) is 69.4 Å². The molecule has 9 nitrogen and oxygen atoms in total. The van der Waals surface area contributed by atoms with E-state index in [-0.39, 0.29) is 11.3 Å². The molecule has 0 unspecified atom stereocenters. The van der Waals surface area contributed by atoms with Crippen LogP contribution in [0.3, 0.4) is 0 Å². The van der Waals surface area contributed by atoms with Crippen molar-refractivity contribution in [2.45, 2.75) is 22.2 Å². The van der Waals surface area contributed by atoms with Crippen LogP contribution < -0.4 is 5.69 Å². The summed E-state index contributed by atoms with van der Waals surface area (Å²) in [7, 11) is -9.72. The maximum absolute atomic E-state index is 13.3. The lowest BCUT2D eigenvalue weighted by atomic mass is 10.1. The van der Waals surface area contributed by atoms with Crippen LogP contribution in [0.1, 0.15) is 6.92 Å². The number of hydrogen-bond donors (Lipinski definition) is 0. The highest BCUT2D eigenvalue weighted by Gasteiger charge is 2.47. The Morgan fingerprint density at radius 2 is 1.63 bits per heavy atom. The van der Waals surface area contributed by atoms with Crippen molar-refractivity contribution in [3.8, 4) is 16.9 Å². The van der Waals surface area contributed by atoms with Crippen molar-refractivity contribution >= 4 is 25.3 Å². The van der Waals surface area contributed by atoms with Crippen molar-refractivity contribution in [2.24, 2.45) is 0 Å². The van der Waals surface area contributed by atoms with Crippen molar-refractivity contribution in [1.82, 2.24) is 19.2 Å². The molecule has 0 aliphatic heterocycles. The zero-order valence-electron chi connectivity index (χ0n) is 17.6. The summed E-state index contributed by atoms with van der Waals surface area (Å²) in [4.78, 5) is 15.4. The van der Waals surface area contributed by atoms with E-state index in [0.717, 1.165) is 22.7 Å². The molecule has 4 aromatic rings. The molecule has 35 heavy (non-hydrogen) atoms. The van der Waals surface area contributed by atoms with E-state index in [9.17, 15) is 39.2 Å². The highest BCUT2D eigenvalue weighted by atomic mass is 32.2. The summed E-state index contributed by atoms with van der Waals surface area (Å²) in [6.45, 7) is 1.35. The molecular formula is C20H14F4N4O5S2. The minimum absolute atomic E-state index is 0.288. The molecule has 4 rings (SSSR count). The average molecular weight is 530 g/mol. The summed E-state index contributed by atoms with van der Waals surface area (Å²) in [6.07, 6.45) is 1.99. The first-order valence-electron chi connectivity index (χ1n) is 9.68. The summed E-state index contributed by atoms with van der Waals surface area (Å²) in [5.74, 6) is -1.33.